The van der Waals surface area contributed by atoms with Crippen molar-refractivity contribution in [2.45, 2.75) is 31.8 Å². The Bertz CT molecular complexity index is 1800. The summed E-state index contributed by atoms with van der Waals surface area (Å²) < 4.78 is 9.00. The van der Waals surface area contributed by atoms with Gasteiger partial charge in [-0.3, -0.25) is 18.8 Å². The van der Waals surface area contributed by atoms with Gasteiger partial charge in [-0.15, -0.1) is 0 Å². The minimum Gasteiger partial charge on any atom is -0.457 e. The second-order valence-electron chi connectivity index (χ2n) is 11.6. The Morgan fingerprint density at radius 3 is 2.48 bits per heavy atom. The van der Waals surface area contributed by atoms with Crippen molar-refractivity contribution in [1.82, 2.24) is 34.2 Å². The molecule has 0 spiro atoms. The van der Waals surface area contributed by atoms with Gasteiger partial charge in [0.25, 0.3) is 5.91 Å². The van der Waals surface area contributed by atoms with Crippen molar-refractivity contribution in [3.05, 3.63) is 83.1 Å². The molecule has 2 aliphatic heterocycles. The van der Waals surface area contributed by atoms with Crippen LogP contribution in [0.5, 0.6) is 11.5 Å². The highest BCUT2D eigenvalue weighted by Gasteiger charge is 2.34. The zero-order valence-electron chi connectivity index (χ0n) is 24.8. The maximum absolute atomic E-state index is 14.0. The smallest absolute Gasteiger partial charge is 0.335 e. The van der Waals surface area contributed by atoms with Gasteiger partial charge in [-0.1, -0.05) is 18.2 Å². The SMILES string of the molecule is CC(C)(C=C(C#N)C(=O)N1CCC(n2c(=O)n(-c3ccc(Oc4ccccc4)cc3)c3c(N)ncnc32)C1)N1CCNCC1. The van der Waals surface area contributed by atoms with E-state index in [1.165, 1.54) is 10.9 Å². The summed E-state index contributed by atoms with van der Waals surface area (Å²) in [5.74, 6) is 1.16. The van der Waals surface area contributed by atoms with E-state index in [1.807, 2.05) is 44.2 Å². The molecule has 1 atom stereocenters. The van der Waals surface area contributed by atoms with Gasteiger partial charge >= 0.3 is 5.69 Å². The maximum Gasteiger partial charge on any atom is 0.335 e. The van der Waals surface area contributed by atoms with Crippen LogP contribution in [0.4, 0.5) is 5.82 Å². The first kappa shape index (κ1) is 29.1. The molecule has 2 aromatic carbocycles. The summed E-state index contributed by atoms with van der Waals surface area (Å²) in [7, 11) is 0. The number of aromatic nitrogens is 4. The van der Waals surface area contributed by atoms with Crippen molar-refractivity contribution in [2.75, 3.05) is 45.0 Å². The average Bonchev–Trinajstić information content (AvgIpc) is 3.64. The molecule has 2 aromatic heterocycles. The number of carbonyl (C=O) groups excluding carboxylic acids is 1. The highest BCUT2D eigenvalue weighted by Crippen LogP contribution is 2.30. The molecule has 0 saturated carbocycles. The Balaban J connectivity index is 1.28. The van der Waals surface area contributed by atoms with Crippen LogP contribution >= 0.6 is 0 Å². The van der Waals surface area contributed by atoms with E-state index in [9.17, 15) is 14.9 Å². The molecule has 1 amide bonds. The van der Waals surface area contributed by atoms with Crippen LogP contribution in [0.2, 0.25) is 0 Å². The molecule has 0 aliphatic carbocycles. The molecule has 0 radical (unpaired) electrons. The summed E-state index contributed by atoms with van der Waals surface area (Å²) in [6, 6.07) is 18.3. The predicted molar refractivity (Wildman–Crippen MR) is 167 cm³/mol. The number of ether oxygens (including phenoxy) is 1. The predicted octanol–water partition coefficient (Wildman–Crippen LogP) is 2.86. The maximum atomic E-state index is 14.0. The standard InChI is InChI=1S/C32H35N9O3/c1-32(2,39-16-13-35-14-17-39)18-22(19-33)30(42)38-15-12-24(20-38)41-29-27(28(34)36-21-37-29)40(31(41)43)23-8-10-26(11-9-23)44-25-6-4-3-5-7-25/h3-11,18,21,24,35H,12-17,20H2,1-2H3,(H2,34,36,37). The van der Waals surface area contributed by atoms with E-state index in [2.05, 4.69) is 26.3 Å². The zero-order valence-corrected chi connectivity index (χ0v) is 24.8. The quantitative estimate of drug-likeness (QED) is 0.244. The molecular weight excluding hydrogens is 558 g/mol. The van der Waals surface area contributed by atoms with Crippen LogP contribution in [0.25, 0.3) is 16.9 Å². The number of carbonyl (C=O) groups is 1. The van der Waals surface area contributed by atoms with Crippen LogP contribution in [0.3, 0.4) is 0 Å². The van der Waals surface area contributed by atoms with E-state index in [0.29, 0.717) is 41.3 Å². The van der Waals surface area contributed by atoms with Gasteiger partial charge in [0.1, 0.15) is 35.0 Å². The number of hydrogen-bond donors (Lipinski definition) is 2. The highest BCUT2D eigenvalue weighted by atomic mass is 16.5. The monoisotopic (exact) mass is 593 g/mol. The number of likely N-dealkylation sites (tertiary alicyclic amines) is 1. The summed E-state index contributed by atoms with van der Waals surface area (Å²) in [4.78, 5) is 40.1. The molecule has 2 aliphatic rings. The molecule has 2 fully saturated rings. The van der Waals surface area contributed by atoms with E-state index in [-0.39, 0.29) is 35.6 Å². The van der Waals surface area contributed by atoms with Gasteiger partial charge in [-0.2, -0.15) is 5.26 Å². The minimum atomic E-state index is -0.456. The first-order chi connectivity index (χ1) is 21.3. The van der Waals surface area contributed by atoms with E-state index in [0.717, 1.165) is 26.2 Å². The van der Waals surface area contributed by atoms with Crippen molar-refractivity contribution < 1.29 is 9.53 Å². The number of nitrogens with one attached hydrogen (secondary N) is 1. The normalized spacial score (nSPS) is 18.0. The van der Waals surface area contributed by atoms with Crippen LogP contribution in [-0.2, 0) is 4.79 Å². The third-order valence-electron chi connectivity index (χ3n) is 8.35. The van der Waals surface area contributed by atoms with Crippen molar-refractivity contribution >= 4 is 22.9 Å². The Morgan fingerprint density at radius 1 is 1.07 bits per heavy atom. The summed E-state index contributed by atoms with van der Waals surface area (Å²) in [6.07, 6.45) is 3.63. The van der Waals surface area contributed by atoms with Gasteiger partial charge in [0.05, 0.1) is 11.7 Å². The summed E-state index contributed by atoms with van der Waals surface area (Å²) in [6.45, 7) is 8.11. The third kappa shape index (κ3) is 5.55. The second-order valence-corrected chi connectivity index (χ2v) is 11.6. The molecule has 12 nitrogen and oxygen atoms in total. The Morgan fingerprint density at radius 2 is 1.77 bits per heavy atom. The van der Waals surface area contributed by atoms with E-state index in [1.54, 1.807) is 39.8 Å². The van der Waals surface area contributed by atoms with Crippen molar-refractivity contribution in [3.8, 4) is 23.3 Å². The number of nitrogens with zero attached hydrogens (tertiary/aromatic N) is 7. The highest BCUT2D eigenvalue weighted by molar-refractivity contribution is 5.97. The van der Waals surface area contributed by atoms with E-state index in [4.69, 9.17) is 10.5 Å². The number of nitrogens with two attached hydrogens (primary N) is 1. The number of rotatable bonds is 7. The Kier molecular flexibility index (Phi) is 7.90. The first-order valence-electron chi connectivity index (χ1n) is 14.7. The number of benzene rings is 2. The molecule has 1 unspecified atom stereocenters. The lowest BCUT2D eigenvalue weighted by atomic mass is 9.97. The van der Waals surface area contributed by atoms with Crippen LogP contribution in [0.1, 0.15) is 26.3 Å². The van der Waals surface area contributed by atoms with Crippen LogP contribution in [0.15, 0.2) is 77.4 Å². The lowest BCUT2D eigenvalue weighted by Crippen LogP contribution is -2.52. The van der Waals surface area contributed by atoms with Crippen LogP contribution < -0.4 is 21.5 Å². The Labute approximate surface area is 255 Å². The molecular formula is C32H35N9O3. The molecule has 6 rings (SSSR count). The molecule has 0 bridgehead atoms. The van der Waals surface area contributed by atoms with Gasteiger partial charge in [-0.05, 0) is 62.7 Å². The number of para-hydroxylation sites is 1. The fourth-order valence-corrected chi connectivity index (χ4v) is 6.06. The summed E-state index contributed by atoms with van der Waals surface area (Å²) >= 11 is 0. The van der Waals surface area contributed by atoms with Gasteiger partial charge in [0.15, 0.2) is 11.5 Å². The van der Waals surface area contributed by atoms with E-state index < -0.39 is 5.54 Å². The van der Waals surface area contributed by atoms with Gasteiger partial charge in [0.2, 0.25) is 0 Å². The second kappa shape index (κ2) is 11.9. The van der Waals surface area contributed by atoms with Gasteiger partial charge < -0.3 is 20.7 Å². The molecule has 2 saturated heterocycles. The van der Waals surface area contributed by atoms with Crippen molar-refractivity contribution in [1.29, 1.82) is 5.26 Å². The summed E-state index contributed by atoms with van der Waals surface area (Å²) in [5.41, 5.74) is 6.98. The largest absolute Gasteiger partial charge is 0.457 e. The van der Waals surface area contributed by atoms with Crippen molar-refractivity contribution in [3.63, 3.8) is 0 Å². The van der Waals surface area contributed by atoms with Crippen LogP contribution in [-0.4, -0.2) is 79.6 Å². The number of piperazine rings is 1. The fourth-order valence-electron chi connectivity index (χ4n) is 6.06. The molecule has 3 N–H and O–H groups in total. The molecule has 44 heavy (non-hydrogen) atoms. The number of hydrogen-bond acceptors (Lipinski definition) is 9. The number of amides is 1. The lowest BCUT2D eigenvalue weighted by Gasteiger charge is -2.39. The fraction of sp³-hybridized carbons (Fsp3) is 0.344. The molecule has 226 valence electrons. The number of nitriles is 1. The summed E-state index contributed by atoms with van der Waals surface area (Å²) in [5, 5.41) is 13.3. The molecule has 4 heterocycles. The zero-order chi connectivity index (χ0) is 30.8. The van der Waals surface area contributed by atoms with Crippen LogP contribution in [0, 0.1) is 11.3 Å². The first-order valence-corrected chi connectivity index (χ1v) is 14.7. The molecule has 12 heteroatoms. The van der Waals surface area contributed by atoms with Gasteiger partial charge in [-0.25, -0.2) is 14.8 Å². The number of imidazole rings is 1. The average molecular weight is 594 g/mol. The lowest BCUT2D eigenvalue weighted by molar-refractivity contribution is -0.125. The molecule has 4 aromatic rings. The Hall–Kier alpha value is -4.99. The topological polar surface area (TPSA) is 147 Å². The number of fused-ring (bicyclic) bond motifs is 1. The minimum absolute atomic E-state index is 0.105. The van der Waals surface area contributed by atoms with Crippen molar-refractivity contribution in [2.24, 2.45) is 0 Å². The third-order valence-corrected chi connectivity index (χ3v) is 8.35. The van der Waals surface area contributed by atoms with Gasteiger partial charge in [0, 0.05) is 44.8 Å². The number of nitrogen functional groups attached to an aromatic ring is 1. The van der Waals surface area contributed by atoms with E-state index >= 15 is 0 Å². The number of anilines is 1.